The summed E-state index contributed by atoms with van der Waals surface area (Å²) in [7, 11) is 0. The van der Waals surface area contributed by atoms with Crippen LogP contribution in [0.25, 0.3) is 0 Å². The lowest BCUT2D eigenvalue weighted by molar-refractivity contribution is -0.279. The SMILES string of the molecule is O=C(O)C1O[C@@H](O)C(O)C(O)[C@H]1O. The Kier molecular flexibility index (Phi) is 2.84. The van der Waals surface area contributed by atoms with Crippen LogP contribution in [0, 0.1) is 0 Å². The highest BCUT2D eigenvalue weighted by Gasteiger charge is 2.46. The molecule has 1 aliphatic rings. The molecule has 1 saturated heterocycles. The van der Waals surface area contributed by atoms with Gasteiger partial charge in [0.25, 0.3) is 0 Å². The zero-order valence-corrected chi connectivity index (χ0v) is 6.44. The van der Waals surface area contributed by atoms with Crippen LogP contribution in [0.2, 0.25) is 0 Å². The van der Waals surface area contributed by atoms with Crippen LogP contribution in [-0.2, 0) is 9.53 Å². The van der Waals surface area contributed by atoms with Crippen LogP contribution in [0.3, 0.4) is 0 Å². The average molecular weight is 194 g/mol. The number of carbonyl (C=O) groups is 1. The molecule has 1 fully saturated rings. The summed E-state index contributed by atoms with van der Waals surface area (Å²) in [6, 6.07) is 0. The molecule has 7 nitrogen and oxygen atoms in total. The number of carboxylic acids is 1. The molecule has 0 saturated carbocycles. The average Bonchev–Trinajstić information content (AvgIpc) is 2.07. The van der Waals surface area contributed by atoms with Gasteiger partial charge in [-0.3, -0.25) is 0 Å². The van der Waals surface area contributed by atoms with Gasteiger partial charge in [0, 0.05) is 0 Å². The molecule has 1 rings (SSSR count). The van der Waals surface area contributed by atoms with Crippen molar-refractivity contribution in [1.29, 1.82) is 0 Å². The molecule has 13 heavy (non-hydrogen) atoms. The van der Waals surface area contributed by atoms with E-state index in [1.165, 1.54) is 0 Å². The van der Waals surface area contributed by atoms with E-state index in [1.807, 2.05) is 0 Å². The van der Waals surface area contributed by atoms with Gasteiger partial charge in [0.05, 0.1) is 0 Å². The normalized spacial score (nSPS) is 46.0. The molecule has 0 aromatic heterocycles. The Bertz CT molecular complexity index is 205. The fraction of sp³-hybridized carbons (Fsp3) is 0.833. The Morgan fingerprint density at radius 1 is 1.00 bits per heavy atom. The number of hydrogen-bond acceptors (Lipinski definition) is 6. The van der Waals surface area contributed by atoms with Crippen molar-refractivity contribution in [3.8, 4) is 0 Å². The summed E-state index contributed by atoms with van der Waals surface area (Å²) in [6.07, 6.45) is -8.72. The molecule has 1 heterocycles. The third-order valence-corrected chi connectivity index (χ3v) is 1.83. The van der Waals surface area contributed by atoms with E-state index in [2.05, 4.69) is 4.74 Å². The van der Waals surface area contributed by atoms with Crippen LogP contribution in [-0.4, -0.2) is 62.2 Å². The van der Waals surface area contributed by atoms with Crippen LogP contribution in [0.5, 0.6) is 0 Å². The molecule has 0 radical (unpaired) electrons. The van der Waals surface area contributed by atoms with E-state index in [1.54, 1.807) is 0 Å². The predicted molar refractivity (Wildman–Crippen MR) is 36.5 cm³/mol. The van der Waals surface area contributed by atoms with E-state index in [0.717, 1.165) is 0 Å². The minimum Gasteiger partial charge on any atom is -0.479 e. The van der Waals surface area contributed by atoms with Gasteiger partial charge < -0.3 is 30.3 Å². The van der Waals surface area contributed by atoms with Crippen molar-refractivity contribution >= 4 is 5.97 Å². The highest BCUT2D eigenvalue weighted by atomic mass is 16.6. The Balaban J connectivity index is 2.76. The highest BCUT2D eigenvalue weighted by molar-refractivity contribution is 5.73. The third-order valence-electron chi connectivity index (χ3n) is 1.83. The van der Waals surface area contributed by atoms with Crippen molar-refractivity contribution in [2.24, 2.45) is 0 Å². The molecule has 7 heteroatoms. The van der Waals surface area contributed by atoms with Crippen molar-refractivity contribution < 1.29 is 35.1 Å². The van der Waals surface area contributed by atoms with E-state index in [-0.39, 0.29) is 0 Å². The molecule has 5 atom stereocenters. The number of carboxylic acid groups (broad SMARTS) is 1. The molecule has 0 aromatic carbocycles. The summed E-state index contributed by atoms with van der Waals surface area (Å²) < 4.78 is 4.34. The van der Waals surface area contributed by atoms with Crippen molar-refractivity contribution in [2.45, 2.75) is 30.7 Å². The number of aliphatic hydroxyl groups is 4. The molecule has 0 amide bonds. The van der Waals surface area contributed by atoms with Crippen LogP contribution >= 0.6 is 0 Å². The maximum Gasteiger partial charge on any atom is 0.335 e. The zero-order valence-electron chi connectivity index (χ0n) is 6.44. The van der Waals surface area contributed by atoms with E-state index in [0.29, 0.717) is 0 Å². The second kappa shape index (κ2) is 3.56. The molecule has 0 aromatic rings. The number of rotatable bonds is 1. The topological polar surface area (TPSA) is 127 Å². The second-order valence-electron chi connectivity index (χ2n) is 2.76. The number of aliphatic carboxylic acids is 1. The van der Waals surface area contributed by atoms with E-state index < -0.39 is 36.7 Å². The summed E-state index contributed by atoms with van der Waals surface area (Å²) in [5.41, 5.74) is 0. The van der Waals surface area contributed by atoms with Crippen LogP contribution in [0.1, 0.15) is 0 Å². The van der Waals surface area contributed by atoms with Gasteiger partial charge in [0.15, 0.2) is 12.4 Å². The van der Waals surface area contributed by atoms with Gasteiger partial charge >= 0.3 is 5.97 Å². The van der Waals surface area contributed by atoms with Crippen molar-refractivity contribution in [3.63, 3.8) is 0 Å². The first-order valence-corrected chi connectivity index (χ1v) is 3.55. The minimum atomic E-state index is -1.81. The Labute approximate surface area is 72.8 Å². The molecular formula is C6H10O7. The number of aliphatic hydroxyl groups excluding tert-OH is 4. The van der Waals surface area contributed by atoms with E-state index in [4.69, 9.17) is 25.5 Å². The van der Waals surface area contributed by atoms with Crippen LogP contribution < -0.4 is 0 Å². The van der Waals surface area contributed by atoms with E-state index >= 15 is 0 Å². The summed E-state index contributed by atoms with van der Waals surface area (Å²) in [4.78, 5) is 10.4. The molecule has 0 bridgehead atoms. The van der Waals surface area contributed by atoms with Crippen LogP contribution in [0.4, 0.5) is 0 Å². The third kappa shape index (κ3) is 1.79. The Hall–Kier alpha value is -0.730. The Morgan fingerprint density at radius 2 is 1.54 bits per heavy atom. The van der Waals surface area contributed by atoms with Crippen molar-refractivity contribution in [1.82, 2.24) is 0 Å². The summed E-state index contributed by atoms with van der Waals surface area (Å²) in [5.74, 6) is -1.52. The van der Waals surface area contributed by atoms with Gasteiger partial charge in [0.2, 0.25) is 0 Å². The lowest BCUT2D eigenvalue weighted by atomic mass is 9.99. The Morgan fingerprint density at radius 3 is 2.00 bits per heavy atom. The maximum absolute atomic E-state index is 10.4. The van der Waals surface area contributed by atoms with Gasteiger partial charge in [-0.05, 0) is 0 Å². The fourth-order valence-corrected chi connectivity index (χ4v) is 1.07. The molecule has 0 aliphatic carbocycles. The standard InChI is InChI=1S/C6H10O7/c7-1-2(8)4(5(10)11)13-6(12)3(1)9/h1-4,6-9,12H,(H,10,11)/t1?,2-,3?,4?,6-/m1/s1. The second-order valence-corrected chi connectivity index (χ2v) is 2.76. The lowest BCUT2D eigenvalue weighted by Crippen LogP contribution is -2.59. The smallest absolute Gasteiger partial charge is 0.335 e. The molecule has 76 valence electrons. The minimum absolute atomic E-state index is 1.52. The highest BCUT2D eigenvalue weighted by Crippen LogP contribution is 2.19. The molecule has 0 spiro atoms. The molecule has 1 aliphatic heterocycles. The fourth-order valence-electron chi connectivity index (χ4n) is 1.07. The molecular weight excluding hydrogens is 184 g/mol. The van der Waals surface area contributed by atoms with Crippen LogP contribution in [0.15, 0.2) is 0 Å². The quantitative estimate of drug-likeness (QED) is 0.298. The van der Waals surface area contributed by atoms with Gasteiger partial charge in [-0.25, -0.2) is 4.79 Å². The van der Waals surface area contributed by atoms with E-state index in [9.17, 15) is 4.79 Å². The maximum atomic E-state index is 10.4. The summed E-state index contributed by atoms with van der Waals surface area (Å²) >= 11 is 0. The molecule has 5 N–H and O–H groups in total. The first-order chi connectivity index (χ1) is 5.95. The zero-order chi connectivity index (χ0) is 10.2. The van der Waals surface area contributed by atoms with Gasteiger partial charge in [0.1, 0.15) is 18.3 Å². The first kappa shape index (κ1) is 10.4. The lowest BCUT2D eigenvalue weighted by Gasteiger charge is -2.36. The predicted octanol–water partition coefficient (Wildman–Crippen LogP) is -3.13. The summed E-state index contributed by atoms with van der Waals surface area (Å²) in [6.45, 7) is 0. The molecule has 3 unspecified atom stereocenters. The largest absolute Gasteiger partial charge is 0.479 e. The van der Waals surface area contributed by atoms with Gasteiger partial charge in [-0.15, -0.1) is 0 Å². The van der Waals surface area contributed by atoms with Gasteiger partial charge in [-0.1, -0.05) is 0 Å². The first-order valence-electron chi connectivity index (χ1n) is 3.55. The summed E-state index contributed by atoms with van der Waals surface area (Å²) in [5, 5.41) is 44.4. The van der Waals surface area contributed by atoms with Gasteiger partial charge in [-0.2, -0.15) is 0 Å². The van der Waals surface area contributed by atoms with Crippen molar-refractivity contribution in [3.05, 3.63) is 0 Å². The monoisotopic (exact) mass is 194 g/mol. The van der Waals surface area contributed by atoms with Crippen molar-refractivity contribution in [2.75, 3.05) is 0 Å². The number of hydrogen-bond donors (Lipinski definition) is 5. The number of ether oxygens (including phenoxy) is 1.